The second kappa shape index (κ2) is 3.39. The zero-order valence-electron chi connectivity index (χ0n) is 6.25. The van der Waals surface area contributed by atoms with Crippen LogP contribution in [0.1, 0.15) is 5.56 Å². The highest BCUT2D eigenvalue weighted by Gasteiger charge is 2.05. The normalized spacial score (nSPS) is 9.75. The van der Waals surface area contributed by atoms with E-state index in [4.69, 9.17) is 13.0 Å². The van der Waals surface area contributed by atoms with Crippen molar-refractivity contribution >= 4 is 19.3 Å². The van der Waals surface area contributed by atoms with Gasteiger partial charge in [0.05, 0.1) is 6.42 Å². The third-order valence-electron chi connectivity index (χ3n) is 1.42. The second-order valence-corrected chi connectivity index (χ2v) is 2.42. The van der Waals surface area contributed by atoms with Crippen LogP contribution in [0.2, 0.25) is 0 Å². The number of carboxylic acids is 1. The fraction of sp³-hybridized carbons (Fsp3) is 0.125. The van der Waals surface area contributed by atoms with E-state index in [2.05, 4.69) is 0 Å². The molecule has 0 saturated heterocycles. The van der Waals surface area contributed by atoms with E-state index >= 15 is 0 Å². The Morgan fingerprint density at radius 2 is 2.25 bits per heavy atom. The highest BCUT2D eigenvalue weighted by atomic mass is 19.1. The van der Waals surface area contributed by atoms with Crippen molar-refractivity contribution in [2.75, 3.05) is 0 Å². The van der Waals surface area contributed by atoms with E-state index in [0.717, 1.165) is 6.07 Å². The van der Waals surface area contributed by atoms with Crippen molar-refractivity contribution < 1.29 is 14.3 Å². The first-order valence-corrected chi connectivity index (χ1v) is 3.35. The molecule has 2 nitrogen and oxygen atoms in total. The van der Waals surface area contributed by atoms with Gasteiger partial charge in [-0.1, -0.05) is 17.6 Å². The molecule has 0 fully saturated rings. The molecular formula is C8H6BFO2. The zero-order valence-corrected chi connectivity index (χ0v) is 6.25. The van der Waals surface area contributed by atoms with E-state index in [1.807, 2.05) is 0 Å². The van der Waals surface area contributed by atoms with Crippen LogP contribution in [0, 0.1) is 5.82 Å². The molecule has 12 heavy (non-hydrogen) atoms. The highest BCUT2D eigenvalue weighted by molar-refractivity contribution is 6.32. The number of halogens is 1. The third kappa shape index (κ3) is 2.08. The summed E-state index contributed by atoms with van der Waals surface area (Å²) in [5.41, 5.74) is 0.443. The number of benzene rings is 1. The van der Waals surface area contributed by atoms with Crippen molar-refractivity contribution in [3.8, 4) is 0 Å². The Morgan fingerprint density at radius 3 is 2.75 bits per heavy atom. The van der Waals surface area contributed by atoms with Crippen molar-refractivity contribution in [2.24, 2.45) is 0 Å². The molecule has 60 valence electrons. The summed E-state index contributed by atoms with van der Waals surface area (Å²) >= 11 is 0. The van der Waals surface area contributed by atoms with Gasteiger partial charge in [-0.05, 0) is 11.6 Å². The van der Waals surface area contributed by atoms with Gasteiger partial charge in [0.1, 0.15) is 13.7 Å². The van der Waals surface area contributed by atoms with Gasteiger partial charge in [-0.3, -0.25) is 4.79 Å². The van der Waals surface area contributed by atoms with Gasteiger partial charge in [-0.15, -0.1) is 0 Å². The molecule has 1 rings (SSSR count). The van der Waals surface area contributed by atoms with E-state index in [0.29, 0.717) is 5.46 Å². The van der Waals surface area contributed by atoms with Crippen molar-refractivity contribution in [1.29, 1.82) is 0 Å². The molecule has 0 unspecified atom stereocenters. The largest absolute Gasteiger partial charge is 0.481 e. The number of hydrogen-bond donors (Lipinski definition) is 1. The average molecular weight is 164 g/mol. The molecule has 0 spiro atoms. The van der Waals surface area contributed by atoms with Crippen LogP contribution in [-0.2, 0) is 11.2 Å². The lowest BCUT2D eigenvalue weighted by Crippen LogP contribution is -2.08. The van der Waals surface area contributed by atoms with Crippen LogP contribution in [0.3, 0.4) is 0 Å². The van der Waals surface area contributed by atoms with Crippen molar-refractivity contribution in [3.63, 3.8) is 0 Å². The summed E-state index contributed by atoms with van der Waals surface area (Å²) in [6, 6.07) is 3.96. The Balaban J connectivity index is 2.93. The minimum atomic E-state index is -1.06. The predicted molar refractivity (Wildman–Crippen MR) is 43.1 cm³/mol. The Bertz CT molecular complexity index is 312. The minimum absolute atomic E-state index is 0.150. The van der Waals surface area contributed by atoms with Crippen LogP contribution in [0.5, 0.6) is 0 Å². The predicted octanol–water partition coefficient (Wildman–Crippen LogP) is 0.247. The van der Waals surface area contributed by atoms with Crippen molar-refractivity contribution in [3.05, 3.63) is 29.6 Å². The summed E-state index contributed by atoms with van der Waals surface area (Å²) in [6.07, 6.45) is -0.313. The molecule has 0 bridgehead atoms. The van der Waals surface area contributed by atoms with Crippen LogP contribution in [0.25, 0.3) is 0 Å². The first kappa shape index (κ1) is 8.78. The van der Waals surface area contributed by atoms with Crippen LogP contribution in [-0.4, -0.2) is 18.9 Å². The molecule has 0 aliphatic heterocycles. The lowest BCUT2D eigenvalue weighted by atomic mass is 9.94. The molecule has 0 aliphatic rings. The maximum atomic E-state index is 12.9. The molecule has 2 radical (unpaired) electrons. The Kier molecular flexibility index (Phi) is 2.48. The van der Waals surface area contributed by atoms with Gasteiger partial charge < -0.3 is 5.11 Å². The van der Waals surface area contributed by atoms with Crippen LogP contribution >= 0.6 is 0 Å². The molecule has 1 N–H and O–H groups in total. The molecule has 4 heteroatoms. The molecule has 0 saturated carbocycles. The third-order valence-corrected chi connectivity index (χ3v) is 1.42. The van der Waals surface area contributed by atoms with Gasteiger partial charge in [0.25, 0.3) is 0 Å². The summed E-state index contributed by atoms with van der Waals surface area (Å²) < 4.78 is 12.9. The van der Waals surface area contributed by atoms with E-state index in [1.165, 1.54) is 12.1 Å². The molecule has 0 aromatic heterocycles. The van der Waals surface area contributed by atoms with Gasteiger partial charge in [-0.2, -0.15) is 0 Å². The van der Waals surface area contributed by atoms with Crippen LogP contribution in [0.4, 0.5) is 4.39 Å². The average Bonchev–Trinajstić information content (AvgIpc) is 1.94. The van der Waals surface area contributed by atoms with Gasteiger partial charge >= 0.3 is 5.97 Å². The molecule has 1 aromatic carbocycles. The smallest absolute Gasteiger partial charge is 0.307 e. The summed E-state index contributed by atoms with van der Waals surface area (Å²) in [7, 11) is 5.27. The maximum Gasteiger partial charge on any atom is 0.307 e. The molecule has 0 heterocycles. The number of hydrogen-bond acceptors (Lipinski definition) is 1. The number of rotatable bonds is 2. The summed E-state index contributed by atoms with van der Waals surface area (Å²) in [6.45, 7) is 0. The van der Waals surface area contributed by atoms with E-state index in [-0.39, 0.29) is 12.0 Å². The Hall–Kier alpha value is -1.32. The molecular weight excluding hydrogens is 158 g/mol. The Morgan fingerprint density at radius 1 is 1.58 bits per heavy atom. The van der Waals surface area contributed by atoms with E-state index in [9.17, 15) is 9.18 Å². The standard InChI is InChI=1S/C8H6BFO2/c9-6-2-1-5(3-8(11)12)7(10)4-6/h1-2,4H,3H2,(H,11,12). The fourth-order valence-corrected chi connectivity index (χ4v) is 0.870. The first-order chi connectivity index (χ1) is 5.59. The molecule has 0 atom stereocenters. The summed E-state index contributed by atoms with van der Waals surface area (Å²) in [5, 5.41) is 8.36. The first-order valence-electron chi connectivity index (χ1n) is 3.35. The second-order valence-electron chi connectivity index (χ2n) is 2.42. The van der Waals surface area contributed by atoms with E-state index < -0.39 is 11.8 Å². The molecule has 1 aromatic rings. The summed E-state index contributed by atoms with van der Waals surface area (Å²) in [5.74, 6) is -1.63. The van der Waals surface area contributed by atoms with Gasteiger partial charge in [0.2, 0.25) is 0 Å². The van der Waals surface area contributed by atoms with E-state index in [1.54, 1.807) is 0 Å². The SMILES string of the molecule is [B]c1ccc(CC(=O)O)c(F)c1. The Labute approximate surface area is 70.4 Å². The number of carboxylic acid groups (broad SMARTS) is 1. The maximum absolute atomic E-state index is 12.9. The number of aliphatic carboxylic acids is 1. The minimum Gasteiger partial charge on any atom is -0.481 e. The number of carbonyl (C=O) groups is 1. The monoisotopic (exact) mass is 164 g/mol. The van der Waals surface area contributed by atoms with Crippen LogP contribution < -0.4 is 5.46 Å². The topological polar surface area (TPSA) is 37.3 Å². The van der Waals surface area contributed by atoms with Crippen LogP contribution in [0.15, 0.2) is 18.2 Å². The van der Waals surface area contributed by atoms with Gasteiger partial charge in [0, 0.05) is 0 Å². The summed E-state index contributed by atoms with van der Waals surface area (Å²) in [4.78, 5) is 10.2. The van der Waals surface area contributed by atoms with Gasteiger partial charge in [0.15, 0.2) is 0 Å². The lowest BCUT2D eigenvalue weighted by Gasteiger charge is -2.00. The highest BCUT2D eigenvalue weighted by Crippen LogP contribution is 2.04. The molecule has 0 aliphatic carbocycles. The van der Waals surface area contributed by atoms with Gasteiger partial charge in [-0.25, -0.2) is 4.39 Å². The zero-order chi connectivity index (χ0) is 9.14. The lowest BCUT2D eigenvalue weighted by molar-refractivity contribution is -0.136. The molecule has 0 amide bonds. The fourth-order valence-electron chi connectivity index (χ4n) is 0.870. The van der Waals surface area contributed by atoms with Crippen molar-refractivity contribution in [2.45, 2.75) is 6.42 Å². The van der Waals surface area contributed by atoms with Crippen molar-refractivity contribution in [1.82, 2.24) is 0 Å². The quantitative estimate of drug-likeness (QED) is 0.636.